The largest absolute Gasteiger partial charge is 0.507 e. The van der Waals surface area contributed by atoms with Crippen LogP contribution in [0.1, 0.15) is 52.7 Å². The zero-order valence-corrected chi connectivity index (χ0v) is 18.4. The summed E-state index contributed by atoms with van der Waals surface area (Å²) < 4.78 is 0. The van der Waals surface area contributed by atoms with Crippen LogP contribution in [0, 0.1) is 0 Å². The van der Waals surface area contributed by atoms with Gasteiger partial charge in [-0.15, -0.1) is 11.8 Å². The number of amides is 1. The highest BCUT2D eigenvalue weighted by atomic mass is 35.5. The van der Waals surface area contributed by atoms with Gasteiger partial charge in [0.1, 0.15) is 5.75 Å². The van der Waals surface area contributed by atoms with Crippen molar-refractivity contribution in [3.8, 4) is 5.75 Å². The van der Waals surface area contributed by atoms with E-state index in [1.54, 1.807) is 12.1 Å². The smallest absolute Gasteiger partial charge is 0.234 e. The van der Waals surface area contributed by atoms with Gasteiger partial charge in [-0.25, -0.2) is 0 Å². The monoisotopic (exact) mass is 405 g/mol. The lowest BCUT2D eigenvalue weighted by atomic mass is 9.79. The van der Waals surface area contributed by atoms with Gasteiger partial charge in [0.25, 0.3) is 0 Å². The number of rotatable bonds is 4. The summed E-state index contributed by atoms with van der Waals surface area (Å²) in [7, 11) is 0. The Bertz CT molecular complexity index is 800. The van der Waals surface area contributed by atoms with Crippen molar-refractivity contribution < 1.29 is 9.90 Å². The average Bonchev–Trinajstić information content (AvgIpc) is 2.54. The molecular formula is C22H28ClNO2S. The number of nitrogens with one attached hydrogen (secondary N) is 1. The number of thioether (sulfide) groups is 1. The van der Waals surface area contributed by atoms with Crippen molar-refractivity contribution >= 4 is 35.0 Å². The summed E-state index contributed by atoms with van der Waals surface area (Å²) in [6.45, 7) is 12.5. The second-order valence-electron chi connectivity index (χ2n) is 8.68. The third-order valence-electron chi connectivity index (χ3n) is 4.22. The molecule has 2 aromatic rings. The van der Waals surface area contributed by atoms with Gasteiger partial charge in [-0.1, -0.05) is 65.3 Å². The number of anilines is 1. The standard InChI is InChI=1S/C22H28ClNO2S/c1-21(2,3)15-11-14(12-16(20(15)26)22(4,5)6)27-13-19(25)24-18-10-8-7-9-17(18)23/h7-12,26H,13H2,1-6H3,(H,24,25). The Balaban J connectivity index is 2.23. The minimum Gasteiger partial charge on any atom is -0.507 e. The molecule has 0 spiro atoms. The fourth-order valence-electron chi connectivity index (χ4n) is 2.73. The Morgan fingerprint density at radius 3 is 2.04 bits per heavy atom. The molecule has 27 heavy (non-hydrogen) atoms. The summed E-state index contributed by atoms with van der Waals surface area (Å²) in [6.07, 6.45) is 0. The first-order valence-electron chi connectivity index (χ1n) is 8.95. The van der Waals surface area contributed by atoms with E-state index >= 15 is 0 Å². The number of para-hydroxylation sites is 1. The highest BCUT2D eigenvalue weighted by Crippen LogP contribution is 2.41. The Hall–Kier alpha value is -1.65. The van der Waals surface area contributed by atoms with Gasteiger partial charge in [0.15, 0.2) is 0 Å². The molecule has 0 radical (unpaired) electrons. The van der Waals surface area contributed by atoms with Crippen molar-refractivity contribution in [1.29, 1.82) is 0 Å². The summed E-state index contributed by atoms with van der Waals surface area (Å²) in [4.78, 5) is 13.3. The van der Waals surface area contributed by atoms with Crippen LogP contribution in [-0.4, -0.2) is 16.8 Å². The van der Waals surface area contributed by atoms with E-state index in [2.05, 4.69) is 46.9 Å². The second-order valence-corrected chi connectivity index (χ2v) is 10.1. The summed E-state index contributed by atoms with van der Waals surface area (Å²) in [5, 5.41) is 14.1. The first-order valence-corrected chi connectivity index (χ1v) is 10.3. The van der Waals surface area contributed by atoms with Crippen LogP contribution in [0.4, 0.5) is 5.69 Å². The molecule has 0 bridgehead atoms. The van der Waals surface area contributed by atoms with Crippen LogP contribution in [0.25, 0.3) is 0 Å². The van der Waals surface area contributed by atoms with Gasteiger partial charge in [-0.2, -0.15) is 0 Å². The minimum atomic E-state index is -0.194. The summed E-state index contributed by atoms with van der Waals surface area (Å²) >= 11 is 7.55. The van der Waals surface area contributed by atoms with Gasteiger partial charge in [0.2, 0.25) is 5.91 Å². The molecule has 2 rings (SSSR count). The Kier molecular flexibility index (Phi) is 6.54. The van der Waals surface area contributed by atoms with Crippen molar-refractivity contribution in [3.05, 3.63) is 52.5 Å². The fraction of sp³-hybridized carbons (Fsp3) is 0.409. The molecule has 2 aromatic carbocycles. The molecular weight excluding hydrogens is 378 g/mol. The second kappa shape index (κ2) is 8.15. The molecule has 1 amide bonds. The molecule has 0 fully saturated rings. The number of aromatic hydroxyl groups is 1. The van der Waals surface area contributed by atoms with E-state index in [4.69, 9.17) is 11.6 Å². The van der Waals surface area contributed by atoms with Crippen molar-refractivity contribution in [2.24, 2.45) is 0 Å². The molecule has 0 unspecified atom stereocenters. The molecule has 5 heteroatoms. The molecule has 0 aromatic heterocycles. The van der Waals surface area contributed by atoms with Gasteiger partial charge < -0.3 is 10.4 Å². The maximum atomic E-state index is 12.3. The Morgan fingerprint density at radius 2 is 1.56 bits per heavy atom. The predicted octanol–water partition coefficient (Wildman–Crippen LogP) is 6.37. The van der Waals surface area contributed by atoms with Crippen molar-refractivity contribution in [2.45, 2.75) is 57.3 Å². The molecule has 0 aliphatic heterocycles. The van der Waals surface area contributed by atoms with Crippen LogP contribution >= 0.6 is 23.4 Å². The fourth-order valence-corrected chi connectivity index (χ4v) is 3.69. The number of hydrogen-bond acceptors (Lipinski definition) is 3. The van der Waals surface area contributed by atoms with Crippen molar-refractivity contribution in [1.82, 2.24) is 0 Å². The van der Waals surface area contributed by atoms with Crippen LogP contribution in [0.3, 0.4) is 0 Å². The van der Waals surface area contributed by atoms with E-state index in [1.807, 2.05) is 24.3 Å². The van der Waals surface area contributed by atoms with E-state index in [0.29, 0.717) is 16.5 Å². The van der Waals surface area contributed by atoms with Crippen LogP contribution in [0.5, 0.6) is 5.75 Å². The van der Waals surface area contributed by atoms with Gasteiger partial charge in [0, 0.05) is 16.0 Å². The van der Waals surface area contributed by atoms with E-state index < -0.39 is 0 Å². The molecule has 0 aliphatic rings. The first kappa shape index (κ1) is 21.6. The highest BCUT2D eigenvalue weighted by Gasteiger charge is 2.26. The Labute approximate surface area is 171 Å². The maximum absolute atomic E-state index is 12.3. The van der Waals surface area contributed by atoms with Crippen molar-refractivity contribution in [3.63, 3.8) is 0 Å². The highest BCUT2D eigenvalue weighted by molar-refractivity contribution is 8.00. The zero-order chi connectivity index (χ0) is 20.4. The average molecular weight is 406 g/mol. The summed E-state index contributed by atoms with van der Waals surface area (Å²) in [5.41, 5.74) is 2.01. The quantitative estimate of drug-likeness (QED) is 0.581. The van der Waals surface area contributed by atoms with Gasteiger partial charge in [-0.3, -0.25) is 4.79 Å². The third-order valence-corrected chi connectivity index (χ3v) is 5.52. The zero-order valence-electron chi connectivity index (χ0n) is 16.8. The molecule has 2 N–H and O–H groups in total. The lowest BCUT2D eigenvalue weighted by Crippen LogP contribution is -2.18. The number of phenols is 1. The van der Waals surface area contributed by atoms with Crippen molar-refractivity contribution in [2.75, 3.05) is 11.1 Å². The lowest BCUT2D eigenvalue weighted by molar-refractivity contribution is -0.113. The molecule has 146 valence electrons. The third kappa shape index (κ3) is 5.66. The number of benzene rings is 2. The Morgan fingerprint density at radius 1 is 1.04 bits per heavy atom. The number of phenolic OH excluding ortho intramolecular Hbond substituents is 1. The SMILES string of the molecule is CC(C)(C)c1cc(SCC(=O)Nc2ccccc2Cl)cc(C(C)(C)C)c1O. The molecule has 0 aliphatic carbocycles. The number of carbonyl (C=O) groups excluding carboxylic acids is 1. The van der Waals surface area contributed by atoms with E-state index in [-0.39, 0.29) is 22.5 Å². The van der Waals surface area contributed by atoms with Gasteiger partial charge in [0.05, 0.1) is 16.5 Å². The minimum absolute atomic E-state index is 0.115. The number of hydrogen-bond donors (Lipinski definition) is 2. The lowest BCUT2D eigenvalue weighted by Gasteiger charge is -2.28. The number of carbonyl (C=O) groups is 1. The molecule has 3 nitrogen and oxygen atoms in total. The van der Waals surface area contributed by atoms with Crippen LogP contribution in [0.2, 0.25) is 5.02 Å². The maximum Gasteiger partial charge on any atom is 0.234 e. The topological polar surface area (TPSA) is 49.3 Å². The molecule has 0 atom stereocenters. The van der Waals surface area contributed by atoms with Crippen LogP contribution in [-0.2, 0) is 15.6 Å². The van der Waals surface area contributed by atoms with Crippen LogP contribution in [0.15, 0.2) is 41.3 Å². The summed E-state index contributed by atoms with van der Waals surface area (Å²) in [5.74, 6) is 0.499. The van der Waals surface area contributed by atoms with E-state index in [9.17, 15) is 9.90 Å². The van der Waals surface area contributed by atoms with Gasteiger partial charge in [-0.05, 0) is 35.1 Å². The predicted molar refractivity (Wildman–Crippen MR) is 116 cm³/mol. The summed E-state index contributed by atoms with van der Waals surface area (Å²) in [6, 6.07) is 11.2. The van der Waals surface area contributed by atoms with E-state index in [0.717, 1.165) is 16.0 Å². The molecule has 0 heterocycles. The molecule has 0 saturated heterocycles. The van der Waals surface area contributed by atoms with E-state index in [1.165, 1.54) is 11.8 Å². The number of halogens is 1. The van der Waals surface area contributed by atoms with Crippen LogP contribution < -0.4 is 5.32 Å². The molecule has 0 saturated carbocycles. The van der Waals surface area contributed by atoms with Gasteiger partial charge >= 0.3 is 0 Å². The first-order chi connectivity index (χ1) is 12.4. The normalized spacial score (nSPS) is 12.1.